The lowest BCUT2D eigenvalue weighted by Gasteiger charge is -2.40. The number of benzene rings is 1. The molecule has 0 bridgehead atoms. The fourth-order valence-electron chi connectivity index (χ4n) is 4.82. The number of amides is 2. The Morgan fingerprint density at radius 2 is 2.03 bits per heavy atom. The topological polar surface area (TPSA) is 138 Å². The maximum atomic E-state index is 13.3. The Hall–Kier alpha value is -2.92. The maximum absolute atomic E-state index is 13.3. The van der Waals surface area contributed by atoms with E-state index in [1.54, 1.807) is 24.3 Å². The van der Waals surface area contributed by atoms with Gasteiger partial charge in [0.2, 0.25) is 11.8 Å². The average Bonchev–Trinajstić information content (AvgIpc) is 3.30. The van der Waals surface area contributed by atoms with Crippen LogP contribution >= 0.6 is 0 Å². The summed E-state index contributed by atoms with van der Waals surface area (Å²) in [6.07, 6.45) is 4.03. The van der Waals surface area contributed by atoms with Crippen LogP contribution in [-0.4, -0.2) is 90.3 Å². The molecule has 1 aliphatic carbocycles. The van der Waals surface area contributed by atoms with Crippen LogP contribution in [-0.2, 0) is 20.9 Å². The minimum atomic E-state index is -1.15. The summed E-state index contributed by atoms with van der Waals surface area (Å²) in [6, 6.07) is 2.54. The number of ether oxygens (including phenoxy) is 3. The lowest BCUT2D eigenvalue weighted by Crippen LogP contribution is -2.55. The molecule has 1 aliphatic heterocycles. The van der Waals surface area contributed by atoms with Gasteiger partial charge < -0.3 is 39.7 Å². The molecule has 1 aromatic rings. The summed E-state index contributed by atoms with van der Waals surface area (Å²) in [5.74, 6) is -0.618. The largest absolute Gasteiger partial charge is 0.493 e. The molecule has 0 fully saturated rings. The van der Waals surface area contributed by atoms with Crippen molar-refractivity contribution in [3.63, 3.8) is 0 Å². The molecule has 0 saturated heterocycles. The first-order chi connectivity index (χ1) is 17.9. The number of carbonyl (C=O) groups is 2. The Kier molecular flexibility index (Phi) is 10.5. The zero-order chi connectivity index (χ0) is 26.9. The second kappa shape index (κ2) is 13.6. The highest BCUT2D eigenvalue weighted by Crippen LogP contribution is 2.51. The first-order valence-electron chi connectivity index (χ1n) is 12.7. The average molecular weight is 519 g/mol. The van der Waals surface area contributed by atoms with Crippen molar-refractivity contribution in [3.05, 3.63) is 47.1 Å². The molecule has 2 aliphatic rings. The van der Waals surface area contributed by atoms with E-state index in [0.29, 0.717) is 60.8 Å². The van der Waals surface area contributed by atoms with Gasteiger partial charge in [-0.3, -0.25) is 9.59 Å². The molecule has 4 N–H and O–H groups in total. The molecular formula is C27H38N2O8. The molecule has 0 radical (unpaired) electrons. The fraction of sp³-hybridized carbons (Fsp3) is 0.556. The first kappa shape index (κ1) is 28.6. The molecule has 1 heterocycles. The second-order valence-corrected chi connectivity index (χ2v) is 8.91. The van der Waals surface area contributed by atoms with E-state index >= 15 is 0 Å². The number of nitrogens with one attached hydrogen (secondary N) is 1. The molecule has 3 rings (SSSR count). The van der Waals surface area contributed by atoms with E-state index in [9.17, 15) is 24.9 Å². The van der Waals surface area contributed by atoms with Crippen molar-refractivity contribution in [1.82, 2.24) is 10.2 Å². The highest BCUT2D eigenvalue weighted by molar-refractivity contribution is 5.96. The van der Waals surface area contributed by atoms with Crippen LogP contribution in [0.3, 0.4) is 0 Å². The minimum Gasteiger partial charge on any atom is -0.493 e. The number of allylic oxidation sites excluding steroid dienone is 1. The minimum absolute atomic E-state index is 0.0464. The number of rotatable bonds is 13. The summed E-state index contributed by atoms with van der Waals surface area (Å²) in [6.45, 7) is 4.69. The van der Waals surface area contributed by atoms with Crippen LogP contribution in [0.25, 0.3) is 0 Å². The molecular weight excluding hydrogens is 480 g/mol. The van der Waals surface area contributed by atoms with Crippen molar-refractivity contribution >= 4 is 11.8 Å². The third kappa shape index (κ3) is 6.32. The normalized spacial score (nSPS) is 22.2. The van der Waals surface area contributed by atoms with Crippen LogP contribution < -0.4 is 14.8 Å². The number of aliphatic hydroxyl groups is 3. The molecule has 204 valence electrons. The van der Waals surface area contributed by atoms with Gasteiger partial charge in [-0.05, 0) is 49.6 Å². The Morgan fingerprint density at radius 3 is 2.68 bits per heavy atom. The number of aliphatic hydroxyl groups excluding tert-OH is 3. The van der Waals surface area contributed by atoms with E-state index in [1.165, 1.54) is 18.1 Å². The Labute approximate surface area is 217 Å². The van der Waals surface area contributed by atoms with E-state index in [1.807, 2.05) is 13.8 Å². The zero-order valence-corrected chi connectivity index (χ0v) is 21.7. The number of hydrogen-bond acceptors (Lipinski definition) is 8. The van der Waals surface area contributed by atoms with Crippen molar-refractivity contribution < 1.29 is 39.1 Å². The Morgan fingerprint density at radius 1 is 1.24 bits per heavy atom. The van der Waals surface area contributed by atoms with E-state index < -0.39 is 30.1 Å². The molecule has 4 atom stereocenters. The highest BCUT2D eigenvalue weighted by Gasteiger charge is 2.51. The molecule has 10 nitrogen and oxygen atoms in total. The number of hydrogen-bond donors (Lipinski definition) is 4. The van der Waals surface area contributed by atoms with Gasteiger partial charge in [-0.15, -0.1) is 0 Å². The van der Waals surface area contributed by atoms with Gasteiger partial charge in [-0.1, -0.05) is 13.0 Å². The monoisotopic (exact) mass is 518 g/mol. The van der Waals surface area contributed by atoms with Gasteiger partial charge in [0, 0.05) is 37.4 Å². The third-order valence-corrected chi connectivity index (χ3v) is 6.53. The van der Waals surface area contributed by atoms with Gasteiger partial charge >= 0.3 is 0 Å². The third-order valence-electron chi connectivity index (χ3n) is 6.53. The smallest absolute Gasteiger partial charge is 0.247 e. The van der Waals surface area contributed by atoms with Crippen molar-refractivity contribution in [2.24, 2.45) is 0 Å². The van der Waals surface area contributed by atoms with Gasteiger partial charge in [-0.25, -0.2) is 0 Å². The van der Waals surface area contributed by atoms with E-state index in [2.05, 4.69) is 5.32 Å². The van der Waals surface area contributed by atoms with Crippen LogP contribution in [0.4, 0.5) is 0 Å². The standard InChI is InChI=1S/C27H38N2O8/c1-4-6-8-22(32)29(10-7-12-36-5-2)20-15-19(27(34)28-9-11-30)23-18-13-17(16-31)14-21(35-3)25(18)37-26(23)24(20)33/h6,8,13-15,20,23-24,26,30-31,33H,4-5,7,9-12,16H2,1-3H3,(H,28,34)/t20-,23+,24+,26+/m1/s1. The summed E-state index contributed by atoms with van der Waals surface area (Å²) in [5, 5.41) is 33.3. The summed E-state index contributed by atoms with van der Waals surface area (Å²) in [7, 11) is 1.48. The Balaban J connectivity index is 2.07. The van der Waals surface area contributed by atoms with Gasteiger partial charge in [0.15, 0.2) is 11.5 Å². The summed E-state index contributed by atoms with van der Waals surface area (Å²) in [4.78, 5) is 28.0. The summed E-state index contributed by atoms with van der Waals surface area (Å²) < 4.78 is 17.1. The zero-order valence-electron chi connectivity index (χ0n) is 21.7. The molecule has 10 heteroatoms. The molecule has 1 aromatic carbocycles. The van der Waals surface area contributed by atoms with E-state index in [4.69, 9.17) is 14.2 Å². The van der Waals surface area contributed by atoms with Crippen LogP contribution in [0.5, 0.6) is 11.5 Å². The lowest BCUT2D eigenvalue weighted by molar-refractivity contribution is -0.132. The lowest BCUT2D eigenvalue weighted by atomic mass is 9.77. The molecule has 0 aromatic heterocycles. The molecule has 0 spiro atoms. The van der Waals surface area contributed by atoms with Gasteiger partial charge in [0.05, 0.1) is 32.3 Å². The number of nitrogens with zero attached hydrogens (tertiary/aromatic N) is 1. The summed E-state index contributed by atoms with van der Waals surface area (Å²) in [5.41, 5.74) is 1.49. The second-order valence-electron chi connectivity index (χ2n) is 8.91. The van der Waals surface area contributed by atoms with Crippen LogP contribution in [0.1, 0.15) is 43.7 Å². The van der Waals surface area contributed by atoms with Crippen LogP contribution in [0.2, 0.25) is 0 Å². The van der Waals surface area contributed by atoms with Crippen molar-refractivity contribution in [3.8, 4) is 11.5 Å². The van der Waals surface area contributed by atoms with E-state index in [0.717, 1.165) is 0 Å². The predicted octanol–water partition coefficient (Wildman–Crippen LogP) is 1.03. The molecule has 0 saturated carbocycles. The SMILES string of the molecule is CCC=CC(=O)N(CCCOCC)[C@@H]1C=C(C(=O)NCCO)[C@@H]2c3cc(CO)cc(OC)c3O[C@@H]2[C@H]1O. The number of carbonyl (C=O) groups excluding carboxylic acids is 2. The number of fused-ring (bicyclic) bond motifs is 3. The number of methoxy groups -OCH3 is 1. The molecule has 0 unspecified atom stereocenters. The highest BCUT2D eigenvalue weighted by atomic mass is 16.5. The first-order valence-corrected chi connectivity index (χ1v) is 12.7. The van der Waals surface area contributed by atoms with Crippen molar-refractivity contribution in [1.29, 1.82) is 0 Å². The van der Waals surface area contributed by atoms with Gasteiger partial charge in [-0.2, -0.15) is 0 Å². The van der Waals surface area contributed by atoms with Crippen LogP contribution in [0.15, 0.2) is 35.9 Å². The van der Waals surface area contributed by atoms with Crippen LogP contribution in [0, 0.1) is 0 Å². The molecule has 2 amide bonds. The maximum Gasteiger partial charge on any atom is 0.247 e. The Bertz CT molecular complexity index is 1010. The van der Waals surface area contributed by atoms with Gasteiger partial charge in [0.1, 0.15) is 12.2 Å². The molecule has 37 heavy (non-hydrogen) atoms. The quantitative estimate of drug-likeness (QED) is 0.224. The fourth-order valence-corrected chi connectivity index (χ4v) is 4.82. The van der Waals surface area contributed by atoms with Crippen molar-refractivity contribution in [2.45, 2.75) is 57.5 Å². The summed E-state index contributed by atoms with van der Waals surface area (Å²) >= 11 is 0. The van der Waals surface area contributed by atoms with Gasteiger partial charge in [0.25, 0.3) is 0 Å². The predicted molar refractivity (Wildman–Crippen MR) is 136 cm³/mol. The van der Waals surface area contributed by atoms with Crippen molar-refractivity contribution in [2.75, 3.05) is 40.0 Å². The van der Waals surface area contributed by atoms with E-state index in [-0.39, 0.29) is 25.7 Å².